The van der Waals surface area contributed by atoms with Crippen LogP contribution in [0.15, 0.2) is 30.5 Å². The zero-order chi connectivity index (χ0) is 17.7. The Morgan fingerprint density at radius 1 is 1.38 bits per heavy atom. The smallest absolute Gasteiger partial charge is 0.396 e. The van der Waals surface area contributed by atoms with Gasteiger partial charge in [-0.15, -0.1) is 0 Å². The van der Waals surface area contributed by atoms with Crippen molar-refractivity contribution in [2.45, 2.75) is 32.5 Å². The maximum absolute atomic E-state index is 12.9. The van der Waals surface area contributed by atoms with Gasteiger partial charge in [-0.3, -0.25) is 9.48 Å². The number of nitrogens with one attached hydrogen (secondary N) is 1. The van der Waals surface area contributed by atoms with Crippen LogP contribution >= 0.6 is 0 Å². The average Bonchev–Trinajstić information content (AvgIpc) is 2.90. The fourth-order valence-corrected chi connectivity index (χ4v) is 2.30. The quantitative estimate of drug-likeness (QED) is 0.849. The number of halogens is 3. The molecular weight excluding hydrogens is 323 g/mol. The van der Waals surface area contributed by atoms with E-state index in [0.29, 0.717) is 5.69 Å². The molecule has 8 heteroatoms. The van der Waals surface area contributed by atoms with E-state index in [1.165, 1.54) is 0 Å². The van der Waals surface area contributed by atoms with Crippen molar-refractivity contribution in [1.82, 2.24) is 9.78 Å². The number of aliphatic hydroxyl groups excluding tert-OH is 1. The van der Waals surface area contributed by atoms with E-state index in [1.807, 2.05) is 13.0 Å². The zero-order valence-electron chi connectivity index (χ0n) is 13.1. The van der Waals surface area contributed by atoms with Gasteiger partial charge in [-0.1, -0.05) is 19.1 Å². The molecule has 1 heterocycles. The highest BCUT2D eigenvalue weighted by atomic mass is 19.4. The number of anilines is 1. The Morgan fingerprint density at radius 2 is 2.12 bits per heavy atom. The van der Waals surface area contributed by atoms with Gasteiger partial charge in [0.1, 0.15) is 6.54 Å². The minimum atomic E-state index is -4.62. The third-order valence-corrected chi connectivity index (χ3v) is 3.41. The van der Waals surface area contributed by atoms with E-state index < -0.39 is 24.4 Å². The van der Waals surface area contributed by atoms with Gasteiger partial charge in [0, 0.05) is 24.1 Å². The minimum absolute atomic E-state index is 0.134. The van der Waals surface area contributed by atoms with Crippen LogP contribution in [-0.2, 0) is 30.4 Å². The zero-order valence-corrected chi connectivity index (χ0v) is 13.1. The van der Waals surface area contributed by atoms with Gasteiger partial charge < -0.3 is 10.4 Å². The van der Waals surface area contributed by atoms with Crippen molar-refractivity contribution < 1.29 is 23.1 Å². The summed E-state index contributed by atoms with van der Waals surface area (Å²) in [6.45, 7) is 1.21. The van der Waals surface area contributed by atoms with Crippen molar-refractivity contribution in [2.24, 2.45) is 0 Å². The second-order valence-electron chi connectivity index (χ2n) is 5.27. The van der Waals surface area contributed by atoms with Crippen molar-refractivity contribution in [3.63, 3.8) is 0 Å². The van der Waals surface area contributed by atoms with Crippen LogP contribution < -0.4 is 5.32 Å². The molecule has 0 fully saturated rings. The van der Waals surface area contributed by atoms with Crippen LogP contribution in [0.2, 0.25) is 0 Å². The van der Waals surface area contributed by atoms with E-state index in [0.717, 1.165) is 22.9 Å². The lowest BCUT2D eigenvalue weighted by Gasteiger charge is -2.07. The van der Waals surface area contributed by atoms with Crippen LogP contribution in [0.1, 0.15) is 23.7 Å². The lowest BCUT2D eigenvalue weighted by molar-refractivity contribution is -0.142. The molecule has 2 aromatic rings. The van der Waals surface area contributed by atoms with Crippen molar-refractivity contribution in [1.29, 1.82) is 0 Å². The molecular formula is C16H18F3N3O2. The Hall–Kier alpha value is -2.35. The molecule has 0 aliphatic carbocycles. The number of aromatic nitrogens is 2. The molecule has 0 aliphatic heterocycles. The first-order chi connectivity index (χ1) is 11.3. The highest BCUT2D eigenvalue weighted by molar-refractivity contribution is 5.90. The van der Waals surface area contributed by atoms with Crippen molar-refractivity contribution in [3.8, 4) is 0 Å². The van der Waals surface area contributed by atoms with Gasteiger partial charge in [0.25, 0.3) is 0 Å². The van der Waals surface area contributed by atoms with Gasteiger partial charge >= 0.3 is 6.18 Å². The Labute approximate surface area is 137 Å². The van der Waals surface area contributed by atoms with Crippen molar-refractivity contribution in [2.75, 3.05) is 11.9 Å². The number of rotatable bonds is 6. The number of alkyl halides is 3. The van der Waals surface area contributed by atoms with Crippen LogP contribution in [-0.4, -0.2) is 27.4 Å². The van der Waals surface area contributed by atoms with E-state index in [4.69, 9.17) is 5.11 Å². The molecule has 0 unspecified atom stereocenters. The highest BCUT2D eigenvalue weighted by Gasteiger charge is 2.37. The fourth-order valence-electron chi connectivity index (χ4n) is 2.30. The van der Waals surface area contributed by atoms with Crippen molar-refractivity contribution >= 4 is 11.6 Å². The van der Waals surface area contributed by atoms with Crippen LogP contribution in [0.4, 0.5) is 18.9 Å². The first-order valence-corrected chi connectivity index (χ1v) is 7.46. The Bertz CT molecular complexity index is 711. The predicted octanol–water partition coefficient (Wildman–Crippen LogP) is 2.64. The summed E-state index contributed by atoms with van der Waals surface area (Å²) in [5.74, 6) is -0.477. The second-order valence-corrected chi connectivity index (χ2v) is 5.27. The number of nitrogens with zero attached hydrogens (tertiary/aromatic N) is 2. The van der Waals surface area contributed by atoms with E-state index in [1.54, 1.807) is 18.2 Å². The Morgan fingerprint density at radius 3 is 2.75 bits per heavy atom. The molecule has 2 rings (SSSR count). The summed E-state index contributed by atoms with van der Waals surface area (Å²) in [5.41, 5.74) is 0.415. The second kappa shape index (κ2) is 7.48. The first-order valence-electron chi connectivity index (χ1n) is 7.46. The molecule has 0 atom stereocenters. The average molecular weight is 341 g/mol. The summed E-state index contributed by atoms with van der Waals surface area (Å²) < 4.78 is 39.6. The molecule has 5 nitrogen and oxygen atoms in total. The summed E-state index contributed by atoms with van der Waals surface area (Å²) in [6.07, 6.45) is -2.85. The maximum atomic E-state index is 12.9. The lowest BCUT2D eigenvalue weighted by Crippen LogP contribution is -2.19. The monoisotopic (exact) mass is 341 g/mol. The van der Waals surface area contributed by atoms with Gasteiger partial charge in [0.15, 0.2) is 5.69 Å². The molecule has 0 bridgehead atoms. The van der Waals surface area contributed by atoms with Crippen LogP contribution in [0.3, 0.4) is 0 Å². The molecule has 1 aromatic carbocycles. The van der Waals surface area contributed by atoms with E-state index in [9.17, 15) is 18.0 Å². The number of benzene rings is 1. The van der Waals surface area contributed by atoms with Crippen molar-refractivity contribution in [3.05, 3.63) is 47.3 Å². The number of amides is 1. The predicted molar refractivity (Wildman–Crippen MR) is 82.5 cm³/mol. The molecule has 0 radical (unpaired) electrons. The van der Waals surface area contributed by atoms with Crippen LogP contribution in [0.25, 0.3) is 0 Å². The summed E-state index contributed by atoms with van der Waals surface area (Å²) in [5, 5.41) is 14.9. The number of hydrogen-bond acceptors (Lipinski definition) is 3. The SMILES string of the molecule is CCc1cccc(NC(=O)Cn2cc(CCO)c(C(F)(F)F)n2)c1. The van der Waals surface area contributed by atoms with Crippen LogP contribution in [0.5, 0.6) is 0 Å². The molecule has 0 spiro atoms. The number of carbonyl (C=O) groups excluding carboxylic acids is 1. The number of carbonyl (C=O) groups is 1. The molecule has 24 heavy (non-hydrogen) atoms. The standard InChI is InChI=1S/C16H18F3N3O2/c1-2-11-4-3-5-13(8-11)20-14(24)10-22-9-12(6-7-23)15(21-22)16(17,18)19/h3-5,8-9,23H,2,6-7,10H2,1H3,(H,20,24). The summed E-state index contributed by atoms with van der Waals surface area (Å²) in [6, 6.07) is 7.22. The summed E-state index contributed by atoms with van der Waals surface area (Å²) in [4.78, 5) is 12.0. The molecule has 1 amide bonds. The van der Waals surface area contributed by atoms with Gasteiger partial charge in [0.2, 0.25) is 5.91 Å². The minimum Gasteiger partial charge on any atom is -0.396 e. The van der Waals surface area contributed by atoms with E-state index in [2.05, 4.69) is 10.4 Å². The number of aliphatic hydroxyl groups is 1. The third-order valence-electron chi connectivity index (χ3n) is 3.41. The third kappa shape index (κ3) is 4.58. The summed E-state index contributed by atoms with van der Waals surface area (Å²) >= 11 is 0. The van der Waals surface area contributed by atoms with Gasteiger partial charge in [-0.05, 0) is 30.5 Å². The Balaban J connectivity index is 2.11. The molecule has 1 aromatic heterocycles. The molecule has 2 N–H and O–H groups in total. The fraction of sp³-hybridized carbons (Fsp3) is 0.375. The van der Waals surface area contributed by atoms with Crippen LogP contribution in [0, 0.1) is 0 Å². The normalized spacial score (nSPS) is 11.5. The van der Waals surface area contributed by atoms with E-state index >= 15 is 0 Å². The van der Waals surface area contributed by atoms with Gasteiger partial charge in [-0.2, -0.15) is 18.3 Å². The molecule has 0 saturated carbocycles. The number of aryl methyl sites for hydroxylation is 1. The summed E-state index contributed by atoms with van der Waals surface area (Å²) in [7, 11) is 0. The topological polar surface area (TPSA) is 67.2 Å². The van der Waals surface area contributed by atoms with E-state index in [-0.39, 0.29) is 18.5 Å². The van der Waals surface area contributed by atoms with Gasteiger partial charge in [-0.25, -0.2) is 0 Å². The highest BCUT2D eigenvalue weighted by Crippen LogP contribution is 2.30. The largest absolute Gasteiger partial charge is 0.435 e. The molecule has 130 valence electrons. The maximum Gasteiger partial charge on any atom is 0.435 e. The van der Waals surface area contributed by atoms with Gasteiger partial charge in [0.05, 0.1) is 0 Å². The molecule has 0 aliphatic rings. The number of hydrogen-bond donors (Lipinski definition) is 2. The molecule has 0 saturated heterocycles. The Kier molecular flexibility index (Phi) is 5.61. The first kappa shape index (κ1) is 18.0. The lowest BCUT2D eigenvalue weighted by atomic mass is 10.1.